The summed E-state index contributed by atoms with van der Waals surface area (Å²) in [6, 6.07) is 14.4. The zero-order chi connectivity index (χ0) is 16.4. The van der Waals surface area contributed by atoms with Crippen molar-refractivity contribution >= 4 is 16.6 Å². The van der Waals surface area contributed by atoms with E-state index in [4.69, 9.17) is 9.72 Å². The van der Waals surface area contributed by atoms with Gasteiger partial charge in [0.2, 0.25) is 0 Å². The zero-order valence-corrected chi connectivity index (χ0v) is 13.8. The number of fused-ring (bicyclic) bond motifs is 1. The molecule has 1 fully saturated rings. The number of nitrogens with one attached hydrogen (secondary N) is 1. The summed E-state index contributed by atoms with van der Waals surface area (Å²) >= 11 is 0. The van der Waals surface area contributed by atoms with Crippen LogP contribution in [0.2, 0.25) is 0 Å². The number of anilines is 1. The molecule has 0 amide bonds. The van der Waals surface area contributed by atoms with Gasteiger partial charge in [-0.15, -0.1) is 0 Å². The first-order valence-corrected chi connectivity index (χ1v) is 8.49. The molecular formula is C20H21N3O. The van der Waals surface area contributed by atoms with Crippen LogP contribution in [0.3, 0.4) is 0 Å². The summed E-state index contributed by atoms with van der Waals surface area (Å²) in [6.45, 7) is 3.73. The second-order valence-corrected chi connectivity index (χ2v) is 6.20. The first kappa shape index (κ1) is 15.1. The highest BCUT2D eigenvalue weighted by molar-refractivity contribution is 6.02. The standard InChI is InChI=1S/C20H21N3O/c1-14-19(18-10-4-5-11-21-18)16-8-2-3-9-17(16)20(23-14)22-13-15-7-6-12-24-15/h2-5,8-11,15H,6-7,12-13H2,1H3,(H,22,23). The fourth-order valence-corrected chi connectivity index (χ4v) is 3.37. The molecule has 3 heterocycles. The minimum absolute atomic E-state index is 0.293. The predicted molar refractivity (Wildman–Crippen MR) is 97.2 cm³/mol. The second-order valence-electron chi connectivity index (χ2n) is 6.20. The average molecular weight is 319 g/mol. The maximum absolute atomic E-state index is 5.71. The van der Waals surface area contributed by atoms with Gasteiger partial charge in [-0.3, -0.25) is 4.98 Å². The fraction of sp³-hybridized carbons (Fsp3) is 0.300. The van der Waals surface area contributed by atoms with Crippen LogP contribution in [-0.4, -0.2) is 29.2 Å². The number of ether oxygens (including phenoxy) is 1. The van der Waals surface area contributed by atoms with Crippen LogP contribution in [0.4, 0.5) is 5.82 Å². The van der Waals surface area contributed by atoms with Crippen LogP contribution in [0.1, 0.15) is 18.5 Å². The molecule has 4 heteroatoms. The van der Waals surface area contributed by atoms with Crippen molar-refractivity contribution in [3.05, 3.63) is 54.4 Å². The van der Waals surface area contributed by atoms with Gasteiger partial charge in [-0.2, -0.15) is 0 Å². The highest BCUT2D eigenvalue weighted by atomic mass is 16.5. The van der Waals surface area contributed by atoms with Crippen LogP contribution in [0, 0.1) is 6.92 Å². The molecule has 0 aliphatic carbocycles. The Labute approximate surface area is 141 Å². The lowest BCUT2D eigenvalue weighted by Crippen LogP contribution is -2.19. The van der Waals surface area contributed by atoms with Crippen LogP contribution in [0.25, 0.3) is 22.0 Å². The highest BCUT2D eigenvalue weighted by Crippen LogP contribution is 2.33. The monoisotopic (exact) mass is 319 g/mol. The SMILES string of the molecule is Cc1nc(NCC2CCCO2)c2ccccc2c1-c1ccccn1. The van der Waals surface area contributed by atoms with Crippen molar-refractivity contribution in [2.45, 2.75) is 25.9 Å². The van der Waals surface area contributed by atoms with Gasteiger partial charge in [-0.1, -0.05) is 30.3 Å². The molecular weight excluding hydrogens is 298 g/mol. The molecule has 0 radical (unpaired) electrons. The molecule has 4 rings (SSSR count). The maximum atomic E-state index is 5.71. The average Bonchev–Trinajstić information content (AvgIpc) is 3.14. The lowest BCUT2D eigenvalue weighted by molar-refractivity contribution is 0.120. The van der Waals surface area contributed by atoms with Crippen LogP contribution in [0.15, 0.2) is 48.7 Å². The molecule has 0 spiro atoms. The second kappa shape index (κ2) is 6.57. The Hall–Kier alpha value is -2.46. The van der Waals surface area contributed by atoms with Gasteiger partial charge in [-0.25, -0.2) is 4.98 Å². The Morgan fingerprint density at radius 2 is 1.96 bits per heavy atom. The molecule has 2 aromatic heterocycles. The van der Waals surface area contributed by atoms with E-state index >= 15 is 0 Å². The van der Waals surface area contributed by atoms with Crippen LogP contribution in [0.5, 0.6) is 0 Å². The third-order valence-electron chi connectivity index (χ3n) is 4.54. The van der Waals surface area contributed by atoms with Crippen LogP contribution < -0.4 is 5.32 Å². The predicted octanol–water partition coefficient (Wildman–Crippen LogP) is 4.20. The zero-order valence-electron chi connectivity index (χ0n) is 13.8. The topological polar surface area (TPSA) is 47.0 Å². The number of aryl methyl sites for hydroxylation is 1. The molecule has 1 aliphatic heterocycles. The lowest BCUT2D eigenvalue weighted by Gasteiger charge is -2.16. The normalized spacial score (nSPS) is 17.3. The third kappa shape index (κ3) is 2.85. The van der Waals surface area contributed by atoms with Crippen molar-refractivity contribution in [1.29, 1.82) is 0 Å². The smallest absolute Gasteiger partial charge is 0.134 e. The van der Waals surface area contributed by atoms with Crippen molar-refractivity contribution in [3.8, 4) is 11.3 Å². The fourth-order valence-electron chi connectivity index (χ4n) is 3.37. The summed E-state index contributed by atoms with van der Waals surface area (Å²) in [5.41, 5.74) is 3.06. The molecule has 122 valence electrons. The minimum Gasteiger partial charge on any atom is -0.376 e. The molecule has 4 nitrogen and oxygen atoms in total. The number of aromatic nitrogens is 2. The molecule has 1 aromatic carbocycles. The summed E-state index contributed by atoms with van der Waals surface area (Å²) in [6.07, 6.45) is 4.39. The van der Waals surface area contributed by atoms with Gasteiger partial charge in [0, 0.05) is 36.0 Å². The van der Waals surface area contributed by atoms with E-state index in [-0.39, 0.29) is 0 Å². The summed E-state index contributed by atoms with van der Waals surface area (Å²) in [5.74, 6) is 0.929. The number of nitrogens with zero attached hydrogens (tertiary/aromatic N) is 2. The van der Waals surface area contributed by atoms with E-state index in [1.807, 2.05) is 31.3 Å². The van der Waals surface area contributed by atoms with E-state index in [1.165, 1.54) is 5.39 Å². The number of rotatable bonds is 4. The van der Waals surface area contributed by atoms with Gasteiger partial charge in [0.25, 0.3) is 0 Å². The van der Waals surface area contributed by atoms with Crippen LogP contribution >= 0.6 is 0 Å². The van der Waals surface area contributed by atoms with E-state index in [0.29, 0.717) is 6.10 Å². The van der Waals surface area contributed by atoms with E-state index in [0.717, 1.165) is 54.1 Å². The Balaban J connectivity index is 1.77. The molecule has 1 atom stereocenters. The van der Waals surface area contributed by atoms with Crippen molar-refractivity contribution in [3.63, 3.8) is 0 Å². The van der Waals surface area contributed by atoms with Gasteiger partial charge in [0.15, 0.2) is 0 Å². The molecule has 1 unspecified atom stereocenters. The number of benzene rings is 1. The Kier molecular flexibility index (Phi) is 4.13. The van der Waals surface area contributed by atoms with E-state index < -0.39 is 0 Å². The van der Waals surface area contributed by atoms with Gasteiger partial charge in [0.1, 0.15) is 5.82 Å². The van der Waals surface area contributed by atoms with Crippen molar-refractivity contribution < 1.29 is 4.74 Å². The molecule has 3 aromatic rings. The highest BCUT2D eigenvalue weighted by Gasteiger charge is 2.17. The van der Waals surface area contributed by atoms with E-state index in [9.17, 15) is 0 Å². The largest absolute Gasteiger partial charge is 0.376 e. The maximum Gasteiger partial charge on any atom is 0.134 e. The molecule has 0 saturated carbocycles. The first-order chi connectivity index (χ1) is 11.8. The number of hydrogen-bond donors (Lipinski definition) is 1. The number of pyridine rings is 2. The molecule has 24 heavy (non-hydrogen) atoms. The third-order valence-corrected chi connectivity index (χ3v) is 4.54. The van der Waals surface area contributed by atoms with Gasteiger partial charge >= 0.3 is 0 Å². The van der Waals surface area contributed by atoms with Gasteiger partial charge in [-0.05, 0) is 37.3 Å². The van der Waals surface area contributed by atoms with Gasteiger partial charge < -0.3 is 10.1 Å². The Morgan fingerprint density at radius 3 is 2.71 bits per heavy atom. The van der Waals surface area contributed by atoms with E-state index in [2.05, 4.69) is 34.6 Å². The molecule has 1 N–H and O–H groups in total. The summed E-state index contributed by atoms with van der Waals surface area (Å²) in [7, 11) is 0. The summed E-state index contributed by atoms with van der Waals surface area (Å²) in [4.78, 5) is 9.35. The quantitative estimate of drug-likeness (QED) is 0.783. The Morgan fingerprint density at radius 1 is 1.12 bits per heavy atom. The minimum atomic E-state index is 0.293. The van der Waals surface area contributed by atoms with Crippen molar-refractivity contribution in [2.24, 2.45) is 0 Å². The van der Waals surface area contributed by atoms with Crippen LogP contribution in [-0.2, 0) is 4.74 Å². The number of hydrogen-bond acceptors (Lipinski definition) is 4. The van der Waals surface area contributed by atoms with Gasteiger partial charge in [0.05, 0.1) is 11.8 Å². The molecule has 1 aliphatic rings. The van der Waals surface area contributed by atoms with E-state index in [1.54, 1.807) is 0 Å². The van der Waals surface area contributed by atoms with Crippen molar-refractivity contribution in [2.75, 3.05) is 18.5 Å². The summed E-state index contributed by atoms with van der Waals surface area (Å²) in [5, 5.41) is 5.80. The molecule has 0 bridgehead atoms. The summed E-state index contributed by atoms with van der Waals surface area (Å²) < 4.78 is 5.71. The lowest BCUT2D eigenvalue weighted by atomic mass is 10.0. The van der Waals surface area contributed by atoms with Crippen molar-refractivity contribution in [1.82, 2.24) is 9.97 Å². The molecule has 1 saturated heterocycles. The first-order valence-electron chi connectivity index (χ1n) is 8.49. The Bertz CT molecular complexity index is 842.